The lowest BCUT2D eigenvalue weighted by Gasteiger charge is -2.28. The Morgan fingerprint density at radius 1 is 0.481 bits per heavy atom. The SMILES string of the molecule is CC1(C)c2ccccc2-c2cc(N(c3cccc4c3oc3c5ccccc5ccc43)c3cccc4c3c3ccccc3n4-c3ccccc3)ccc21. The Labute approximate surface area is 301 Å². The van der Waals surface area contributed by atoms with Crippen LogP contribution < -0.4 is 4.90 Å². The molecule has 0 spiro atoms. The molecule has 1 aliphatic rings. The van der Waals surface area contributed by atoms with Crippen LogP contribution in [0.3, 0.4) is 0 Å². The molecule has 11 rings (SSSR count). The molecule has 0 amide bonds. The van der Waals surface area contributed by atoms with E-state index in [1.165, 1.54) is 43.9 Å². The van der Waals surface area contributed by atoms with Crippen LogP contribution in [0, 0.1) is 0 Å². The highest BCUT2D eigenvalue weighted by Crippen LogP contribution is 2.52. The normalized spacial score (nSPS) is 13.3. The van der Waals surface area contributed by atoms with Crippen molar-refractivity contribution < 1.29 is 4.42 Å². The van der Waals surface area contributed by atoms with Crippen molar-refractivity contribution in [3.63, 3.8) is 0 Å². The number of rotatable bonds is 4. The van der Waals surface area contributed by atoms with E-state index >= 15 is 0 Å². The van der Waals surface area contributed by atoms with Crippen molar-refractivity contribution in [2.45, 2.75) is 19.3 Å². The van der Waals surface area contributed by atoms with Gasteiger partial charge in [0, 0.05) is 43.7 Å². The molecule has 0 N–H and O–H groups in total. The zero-order chi connectivity index (χ0) is 34.6. The maximum absolute atomic E-state index is 7.03. The number of para-hydroxylation sites is 3. The van der Waals surface area contributed by atoms with Gasteiger partial charge in [0.2, 0.25) is 0 Å². The Bertz CT molecular complexity index is 3050. The largest absolute Gasteiger partial charge is 0.453 e. The van der Waals surface area contributed by atoms with E-state index in [-0.39, 0.29) is 5.41 Å². The molecule has 3 nitrogen and oxygen atoms in total. The first-order valence-corrected chi connectivity index (χ1v) is 18.0. The van der Waals surface area contributed by atoms with Gasteiger partial charge in [0.1, 0.15) is 5.58 Å². The van der Waals surface area contributed by atoms with Crippen LogP contribution in [0.4, 0.5) is 17.1 Å². The number of fused-ring (bicyclic) bond motifs is 11. The molecule has 3 heteroatoms. The molecular weight excluding hydrogens is 633 g/mol. The molecule has 0 saturated heterocycles. The first-order valence-electron chi connectivity index (χ1n) is 18.0. The molecule has 0 atom stereocenters. The molecule has 0 unspecified atom stereocenters. The number of nitrogens with zero attached hydrogens (tertiary/aromatic N) is 2. The van der Waals surface area contributed by atoms with Crippen molar-refractivity contribution in [3.8, 4) is 16.8 Å². The molecule has 2 heterocycles. The van der Waals surface area contributed by atoms with Crippen molar-refractivity contribution in [1.29, 1.82) is 0 Å². The molecule has 0 radical (unpaired) electrons. The summed E-state index contributed by atoms with van der Waals surface area (Å²) in [4.78, 5) is 2.44. The Morgan fingerprint density at radius 3 is 2.06 bits per heavy atom. The van der Waals surface area contributed by atoms with Gasteiger partial charge in [0.25, 0.3) is 0 Å². The average Bonchev–Trinajstić information content (AvgIpc) is 3.82. The maximum atomic E-state index is 7.03. The van der Waals surface area contributed by atoms with Crippen LogP contribution in [0.2, 0.25) is 0 Å². The van der Waals surface area contributed by atoms with Gasteiger partial charge in [-0.05, 0) is 82.2 Å². The summed E-state index contributed by atoms with van der Waals surface area (Å²) in [7, 11) is 0. The molecule has 8 aromatic carbocycles. The highest BCUT2D eigenvalue weighted by Gasteiger charge is 2.36. The topological polar surface area (TPSA) is 21.3 Å². The summed E-state index contributed by atoms with van der Waals surface area (Å²) in [5.74, 6) is 0. The first kappa shape index (κ1) is 29.2. The summed E-state index contributed by atoms with van der Waals surface area (Å²) in [6, 6.07) is 61.6. The van der Waals surface area contributed by atoms with Crippen LogP contribution in [0.1, 0.15) is 25.0 Å². The lowest BCUT2D eigenvalue weighted by atomic mass is 9.82. The Balaban J connectivity index is 1.26. The predicted octanol–water partition coefficient (Wildman–Crippen LogP) is 13.6. The minimum atomic E-state index is -0.0851. The fourth-order valence-corrected chi connectivity index (χ4v) is 8.98. The standard InChI is InChI=1S/C49H34N2O/c1-49(2)40-21-10-8-18-35(40)39-30-33(27-29-41(39)49)51(45-25-12-20-36-37-28-26-31-14-6-7-17-34(31)47(37)52-48(36)45)44-24-13-23-43-46(44)38-19-9-11-22-42(38)50(43)32-15-4-3-5-16-32/h3-30H,1-2H3. The van der Waals surface area contributed by atoms with E-state index in [1.807, 2.05) is 0 Å². The quantitative estimate of drug-likeness (QED) is 0.186. The van der Waals surface area contributed by atoms with Crippen LogP contribution >= 0.6 is 0 Å². The van der Waals surface area contributed by atoms with Gasteiger partial charge < -0.3 is 13.9 Å². The molecule has 0 bridgehead atoms. The van der Waals surface area contributed by atoms with Gasteiger partial charge >= 0.3 is 0 Å². The summed E-state index contributed by atoms with van der Waals surface area (Å²) in [5.41, 5.74) is 13.7. The third-order valence-corrected chi connectivity index (χ3v) is 11.4. The second-order valence-corrected chi connectivity index (χ2v) is 14.5. The Kier molecular flexibility index (Phi) is 6.01. The number of furan rings is 1. The summed E-state index contributed by atoms with van der Waals surface area (Å²) in [5, 5.41) is 6.93. The highest BCUT2D eigenvalue weighted by molar-refractivity contribution is 6.20. The van der Waals surface area contributed by atoms with Crippen molar-refractivity contribution in [1.82, 2.24) is 4.57 Å². The van der Waals surface area contributed by atoms with Gasteiger partial charge in [-0.1, -0.05) is 129 Å². The lowest BCUT2D eigenvalue weighted by Crippen LogP contribution is -2.15. The molecule has 0 saturated carbocycles. The van der Waals surface area contributed by atoms with E-state index in [0.717, 1.165) is 55.6 Å². The summed E-state index contributed by atoms with van der Waals surface area (Å²) >= 11 is 0. The number of benzene rings is 8. The van der Waals surface area contributed by atoms with E-state index < -0.39 is 0 Å². The smallest absolute Gasteiger partial charge is 0.159 e. The Hall–Kier alpha value is -6.58. The van der Waals surface area contributed by atoms with Gasteiger partial charge in [-0.25, -0.2) is 0 Å². The number of hydrogen-bond acceptors (Lipinski definition) is 2. The molecule has 0 fully saturated rings. The molecule has 0 aliphatic heterocycles. The third-order valence-electron chi connectivity index (χ3n) is 11.4. The van der Waals surface area contributed by atoms with Crippen molar-refractivity contribution in [3.05, 3.63) is 181 Å². The highest BCUT2D eigenvalue weighted by atomic mass is 16.3. The van der Waals surface area contributed by atoms with Gasteiger partial charge in [0.05, 0.1) is 22.4 Å². The number of anilines is 3. The van der Waals surface area contributed by atoms with Gasteiger partial charge in [-0.15, -0.1) is 0 Å². The lowest BCUT2D eigenvalue weighted by molar-refractivity contribution is 0.660. The summed E-state index contributed by atoms with van der Waals surface area (Å²) in [6.07, 6.45) is 0. The second kappa shape index (κ2) is 10.7. The number of hydrogen-bond donors (Lipinski definition) is 0. The van der Waals surface area contributed by atoms with E-state index in [0.29, 0.717) is 0 Å². The van der Waals surface area contributed by atoms with Crippen molar-refractivity contribution in [2.24, 2.45) is 0 Å². The van der Waals surface area contributed by atoms with E-state index in [2.05, 4.69) is 193 Å². The molecular formula is C49H34N2O. The minimum absolute atomic E-state index is 0.0851. The minimum Gasteiger partial charge on any atom is -0.453 e. The summed E-state index contributed by atoms with van der Waals surface area (Å²) < 4.78 is 9.42. The van der Waals surface area contributed by atoms with Gasteiger partial charge in [-0.3, -0.25) is 0 Å². The van der Waals surface area contributed by atoms with E-state index in [4.69, 9.17) is 4.42 Å². The molecule has 246 valence electrons. The van der Waals surface area contributed by atoms with Gasteiger partial charge in [0.15, 0.2) is 5.58 Å². The third kappa shape index (κ3) is 3.96. The molecule has 1 aliphatic carbocycles. The van der Waals surface area contributed by atoms with Crippen molar-refractivity contribution >= 4 is 71.6 Å². The molecule has 10 aromatic rings. The number of aromatic nitrogens is 1. The van der Waals surface area contributed by atoms with E-state index in [9.17, 15) is 0 Å². The van der Waals surface area contributed by atoms with Crippen LogP contribution in [-0.4, -0.2) is 4.57 Å². The first-order chi connectivity index (χ1) is 25.6. The fraction of sp³-hybridized carbons (Fsp3) is 0.0612. The zero-order valence-electron chi connectivity index (χ0n) is 29.0. The monoisotopic (exact) mass is 666 g/mol. The predicted molar refractivity (Wildman–Crippen MR) is 218 cm³/mol. The fourth-order valence-electron chi connectivity index (χ4n) is 8.98. The van der Waals surface area contributed by atoms with Crippen LogP contribution in [-0.2, 0) is 5.41 Å². The van der Waals surface area contributed by atoms with Crippen molar-refractivity contribution in [2.75, 3.05) is 4.90 Å². The van der Waals surface area contributed by atoms with Crippen LogP contribution in [0.15, 0.2) is 174 Å². The van der Waals surface area contributed by atoms with E-state index in [1.54, 1.807) is 0 Å². The van der Waals surface area contributed by atoms with Gasteiger partial charge in [-0.2, -0.15) is 0 Å². The maximum Gasteiger partial charge on any atom is 0.159 e. The average molecular weight is 667 g/mol. The zero-order valence-corrected chi connectivity index (χ0v) is 29.0. The molecule has 2 aromatic heterocycles. The van der Waals surface area contributed by atoms with Crippen LogP contribution in [0.5, 0.6) is 0 Å². The summed E-state index contributed by atoms with van der Waals surface area (Å²) in [6.45, 7) is 4.68. The second-order valence-electron chi connectivity index (χ2n) is 14.5. The Morgan fingerprint density at radius 2 is 1.15 bits per heavy atom. The van der Waals surface area contributed by atoms with Crippen LogP contribution in [0.25, 0.3) is 71.3 Å². The molecule has 52 heavy (non-hydrogen) atoms.